The lowest BCUT2D eigenvalue weighted by atomic mass is 9.74. The van der Waals surface area contributed by atoms with Gasteiger partial charge in [-0.05, 0) is 60.1 Å². The van der Waals surface area contributed by atoms with Gasteiger partial charge in [-0.2, -0.15) is 0 Å². The van der Waals surface area contributed by atoms with Crippen molar-refractivity contribution in [2.45, 2.75) is 24.7 Å². The van der Waals surface area contributed by atoms with Crippen molar-refractivity contribution in [2.75, 3.05) is 24.6 Å². The van der Waals surface area contributed by atoms with Crippen molar-refractivity contribution in [3.05, 3.63) is 87.4 Å². The van der Waals surface area contributed by atoms with Crippen LogP contribution in [0.4, 0.5) is 5.69 Å². The van der Waals surface area contributed by atoms with Gasteiger partial charge in [-0.1, -0.05) is 52.4 Å². The molecule has 0 aromatic heterocycles. The maximum atomic E-state index is 13.0. The van der Waals surface area contributed by atoms with Gasteiger partial charge in [-0.15, -0.1) is 0 Å². The normalized spacial score (nSPS) is 26.5. The third kappa shape index (κ3) is 3.25. The molecule has 162 valence electrons. The summed E-state index contributed by atoms with van der Waals surface area (Å²) in [7, 11) is 0. The van der Waals surface area contributed by atoms with Crippen molar-refractivity contribution in [3.63, 3.8) is 0 Å². The molecule has 4 atom stereocenters. The van der Waals surface area contributed by atoms with Crippen LogP contribution in [0.25, 0.3) is 0 Å². The number of ether oxygens (including phenoxy) is 1. The lowest BCUT2D eigenvalue weighted by Crippen LogP contribution is -2.43. The lowest BCUT2D eigenvalue weighted by Gasteiger charge is -2.46. The molecule has 0 saturated carbocycles. The van der Waals surface area contributed by atoms with Gasteiger partial charge in [-0.25, -0.2) is 4.79 Å². The van der Waals surface area contributed by atoms with Crippen LogP contribution in [-0.4, -0.2) is 31.4 Å². The van der Waals surface area contributed by atoms with Gasteiger partial charge in [0.05, 0.1) is 5.56 Å². The standard InChI is InChI=1S/C27H24BrNO3/c28-20-9-7-16(8-10-20)25(30)15-32-27(31)19-11-23-21-5-1-3-17(21)13-29-14-18-4-2-6-22(18)24(12-19)26(23)29/h1-2,5-12,17-18,21-22H,3-4,13-15H2. The van der Waals surface area contributed by atoms with Crippen molar-refractivity contribution in [1.29, 1.82) is 0 Å². The third-order valence-electron chi connectivity index (χ3n) is 7.43. The van der Waals surface area contributed by atoms with Crippen LogP contribution in [0.5, 0.6) is 0 Å². The van der Waals surface area contributed by atoms with E-state index in [-0.39, 0.29) is 12.4 Å². The monoisotopic (exact) mass is 489 g/mol. The van der Waals surface area contributed by atoms with E-state index in [1.807, 2.05) is 24.3 Å². The van der Waals surface area contributed by atoms with Crippen molar-refractivity contribution >= 4 is 33.4 Å². The van der Waals surface area contributed by atoms with Crippen LogP contribution in [0.2, 0.25) is 0 Å². The molecule has 2 aromatic rings. The molecular weight excluding hydrogens is 466 g/mol. The Morgan fingerprint density at radius 1 is 0.906 bits per heavy atom. The van der Waals surface area contributed by atoms with Crippen LogP contribution < -0.4 is 4.90 Å². The molecule has 0 saturated heterocycles. The summed E-state index contributed by atoms with van der Waals surface area (Å²) in [5.74, 6) is 1.25. The molecule has 0 spiro atoms. The summed E-state index contributed by atoms with van der Waals surface area (Å²) in [6, 6.07) is 11.1. The number of carbonyl (C=O) groups excluding carboxylic acids is 2. The van der Waals surface area contributed by atoms with Gasteiger partial charge in [0, 0.05) is 40.6 Å². The van der Waals surface area contributed by atoms with E-state index in [0.29, 0.717) is 34.8 Å². The van der Waals surface area contributed by atoms with Gasteiger partial charge in [0.1, 0.15) is 0 Å². The van der Waals surface area contributed by atoms with Crippen molar-refractivity contribution in [3.8, 4) is 0 Å². The van der Waals surface area contributed by atoms with Gasteiger partial charge in [0.15, 0.2) is 12.4 Å². The van der Waals surface area contributed by atoms with E-state index in [0.717, 1.165) is 30.4 Å². The zero-order valence-corrected chi connectivity index (χ0v) is 19.3. The van der Waals surface area contributed by atoms with Crippen LogP contribution in [0.1, 0.15) is 56.5 Å². The summed E-state index contributed by atoms with van der Waals surface area (Å²) < 4.78 is 6.39. The minimum Gasteiger partial charge on any atom is -0.454 e. The van der Waals surface area contributed by atoms with Gasteiger partial charge in [-0.3, -0.25) is 4.79 Å². The summed E-state index contributed by atoms with van der Waals surface area (Å²) in [6.07, 6.45) is 11.4. The summed E-state index contributed by atoms with van der Waals surface area (Å²) in [5, 5.41) is 0. The molecule has 2 heterocycles. The van der Waals surface area contributed by atoms with E-state index in [9.17, 15) is 9.59 Å². The van der Waals surface area contributed by atoms with Gasteiger partial charge in [0.25, 0.3) is 0 Å². The zero-order valence-electron chi connectivity index (χ0n) is 17.7. The number of ketones is 1. The predicted molar refractivity (Wildman–Crippen MR) is 127 cm³/mol. The zero-order chi connectivity index (χ0) is 21.8. The van der Waals surface area contributed by atoms with Crippen LogP contribution in [0.3, 0.4) is 0 Å². The molecule has 6 rings (SSSR count). The fourth-order valence-corrected chi connectivity index (χ4v) is 6.19. The number of halogens is 1. The predicted octanol–water partition coefficient (Wildman–Crippen LogP) is 5.64. The van der Waals surface area contributed by atoms with E-state index in [1.54, 1.807) is 12.1 Å². The second kappa shape index (κ2) is 7.73. The largest absolute Gasteiger partial charge is 0.454 e. The molecule has 5 heteroatoms. The smallest absolute Gasteiger partial charge is 0.338 e. The fraction of sp³-hybridized carbons (Fsp3) is 0.333. The second-order valence-corrected chi connectivity index (χ2v) is 10.2. The molecule has 4 aliphatic rings. The number of nitrogens with zero attached hydrogens (tertiary/aromatic N) is 1. The summed E-state index contributed by atoms with van der Waals surface area (Å²) >= 11 is 3.37. The number of rotatable bonds is 4. The molecule has 0 amide bonds. The topological polar surface area (TPSA) is 46.6 Å². The van der Waals surface area contributed by atoms with Crippen LogP contribution in [0.15, 0.2) is 65.2 Å². The Morgan fingerprint density at radius 3 is 2.09 bits per heavy atom. The fourth-order valence-electron chi connectivity index (χ4n) is 5.93. The first-order valence-corrected chi connectivity index (χ1v) is 12.1. The molecular formula is C27H24BrNO3. The van der Waals surface area contributed by atoms with Gasteiger partial charge in [0.2, 0.25) is 0 Å². The van der Waals surface area contributed by atoms with E-state index in [2.05, 4.69) is 45.1 Å². The summed E-state index contributed by atoms with van der Waals surface area (Å²) in [6.45, 7) is 1.93. The Balaban J connectivity index is 1.31. The number of hydrogen-bond donors (Lipinski definition) is 0. The SMILES string of the molecule is O=C(COC(=O)c1cc2c3c(c1)C1C=CCC1CN3CC1CC=CC21)c1ccc(Br)cc1. The third-order valence-corrected chi connectivity index (χ3v) is 7.96. The van der Waals surface area contributed by atoms with Gasteiger partial charge < -0.3 is 9.64 Å². The number of hydrogen-bond acceptors (Lipinski definition) is 4. The quantitative estimate of drug-likeness (QED) is 0.316. The van der Waals surface area contributed by atoms with E-state index in [1.165, 1.54) is 16.8 Å². The molecule has 4 unspecified atom stereocenters. The molecule has 2 aliphatic heterocycles. The number of carbonyl (C=O) groups is 2. The number of esters is 1. The van der Waals surface area contributed by atoms with Crippen molar-refractivity contribution in [2.24, 2.45) is 11.8 Å². The molecule has 2 aliphatic carbocycles. The van der Waals surface area contributed by atoms with Crippen molar-refractivity contribution in [1.82, 2.24) is 0 Å². The first kappa shape index (κ1) is 20.0. The first-order chi connectivity index (χ1) is 15.6. The van der Waals surface area contributed by atoms with E-state index < -0.39 is 5.97 Å². The molecule has 0 radical (unpaired) electrons. The average molecular weight is 490 g/mol. The minimum atomic E-state index is -0.422. The van der Waals surface area contributed by atoms with E-state index >= 15 is 0 Å². The average Bonchev–Trinajstić information content (AvgIpc) is 3.47. The highest BCUT2D eigenvalue weighted by Crippen LogP contribution is 2.53. The number of fused-ring (bicyclic) bond motifs is 4. The first-order valence-electron chi connectivity index (χ1n) is 11.3. The Bertz CT molecular complexity index is 1110. The Labute approximate surface area is 196 Å². The van der Waals surface area contributed by atoms with Gasteiger partial charge >= 0.3 is 5.97 Å². The minimum absolute atomic E-state index is 0.200. The summed E-state index contributed by atoms with van der Waals surface area (Å²) in [4.78, 5) is 28.1. The van der Waals surface area contributed by atoms with Crippen LogP contribution in [-0.2, 0) is 4.74 Å². The maximum absolute atomic E-state index is 13.0. The molecule has 2 aromatic carbocycles. The highest BCUT2D eigenvalue weighted by Gasteiger charge is 2.42. The van der Waals surface area contributed by atoms with Crippen molar-refractivity contribution < 1.29 is 14.3 Å². The number of allylic oxidation sites excluding steroid dienone is 4. The Kier molecular flexibility index (Phi) is 4.83. The highest BCUT2D eigenvalue weighted by molar-refractivity contribution is 9.10. The Morgan fingerprint density at radius 2 is 1.50 bits per heavy atom. The Hall–Kier alpha value is -2.66. The number of anilines is 1. The van der Waals surface area contributed by atoms with Crippen LogP contribution >= 0.6 is 15.9 Å². The lowest BCUT2D eigenvalue weighted by molar-refractivity contribution is 0.0474. The maximum Gasteiger partial charge on any atom is 0.338 e. The molecule has 4 nitrogen and oxygen atoms in total. The second-order valence-electron chi connectivity index (χ2n) is 9.31. The molecule has 0 N–H and O–H groups in total. The number of Topliss-reactive ketones (excluding diaryl/α,β-unsaturated/α-hetero) is 1. The highest BCUT2D eigenvalue weighted by atomic mass is 79.9. The molecule has 0 bridgehead atoms. The number of benzene rings is 2. The van der Waals surface area contributed by atoms with Crippen LogP contribution in [0, 0.1) is 11.8 Å². The van der Waals surface area contributed by atoms with E-state index in [4.69, 9.17) is 4.74 Å². The summed E-state index contributed by atoms with van der Waals surface area (Å²) in [5.41, 5.74) is 4.92. The molecule has 0 fully saturated rings. The molecule has 32 heavy (non-hydrogen) atoms.